The first-order chi connectivity index (χ1) is 10.6. The summed E-state index contributed by atoms with van der Waals surface area (Å²) in [6, 6.07) is 8.08. The number of amides is 2. The van der Waals surface area contributed by atoms with Gasteiger partial charge in [-0.1, -0.05) is 29.8 Å². The van der Waals surface area contributed by atoms with Crippen molar-refractivity contribution in [3.05, 3.63) is 41.5 Å². The summed E-state index contributed by atoms with van der Waals surface area (Å²) in [5, 5.41) is 0. The maximum atomic E-state index is 12.2. The Bertz CT molecular complexity index is 580. The summed E-state index contributed by atoms with van der Waals surface area (Å²) in [6.45, 7) is 4.64. The van der Waals surface area contributed by atoms with Crippen LogP contribution in [0, 0.1) is 12.8 Å². The SMILES string of the molecule is Cc1ccc(/C=C/C(=O)N2CCN(C(=O)C3CC3)CC2)cc1. The van der Waals surface area contributed by atoms with Gasteiger partial charge in [-0.25, -0.2) is 0 Å². The molecule has 3 rings (SSSR count). The first kappa shape index (κ1) is 14.8. The van der Waals surface area contributed by atoms with Crippen LogP contribution in [0.2, 0.25) is 0 Å². The Morgan fingerprint density at radius 2 is 1.59 bits per heavy atom. The summed E-state index contributed by atoms with van der Waals surface area (Å²) in [5.74, 6) is 0.574. The quantitative estimate of drug-likeness (QED) is 0.802. The monoisotopic (exact) mass is 298 g/mol. The zero-order valence-electron chi connectivity index (χ0n) is 13.0. The molecule has 0 N–H and O–H groups in total. The van der Waals surface area contributed by atoms with Gasteiger partial charge in [-0.2, -0.15) is 0 Å². The first-order valence-electron chi connectivity index (χ1n) is 7.96. The third kappa shape index (κ3) is 3.56. The molecule has 1 saturated heterocycles. The molecule has 0 unspecified atom stereocenters. The van der Waals surface area contributed by atoms with Crippen molar-refractivity contribution in [1.82, 2.24) is 9.80 Å². The van der Waals surface area contributed by atoms with Crippen LogP contribution in [-0.2, 0) is 9.59 Å². The molecule has 1 aromatic carbocycles. The smallest absolute Gasteiger partial charge is 0.246 e. The van der Waals surface area contributed by atoms with Gasteiger partial charge in [0.1, 0.15) is 0 Å². The first-order valence-corrected chi connectivity index (χ1v) is 7.96. The predicted molar refractivity (Wildman–Crippen MR) is 86.1 cm³/mol. The fourth-order valence-corrected chi connectivity index (χ4v) is 2.69. The van der Waals surface area contributed by atoms with Gasteiger partial charge >= 0.3 is 0 Å². The van der Waals surface area contributed by atoms with E-state index in [2.05, 4.69) is 0 Å². The number of carbonyl (C=O) groups is 2. The van der Waals surface area contributed by atoms with Gasteiger partial charge in [0.15, 0.2) is 0 Å². The molecule has 2 aliphatic rings. The summed E-state index contributed by atoms with van der Waals surface area (Å²) < 4.78 is 0. The minimum Gasteiger partial charge on any atom is -0.339 e. The Hall–Kier alpha value is -2.10. The molecule has 2 amide bonds. The maximum Gasteiger partial charge on any atom is 0.246 e. The van der Waals surface area contributed by atoms with Crippen molar-refractivity contribution in [2.45, 2.75) is 19.8 Å². The molecule has 1 aliphatic heterocycles. The average Bonchev–Trinajstić information content (AvgIpc) is 3.38. The molecule has 0 spiro atoms. The second kappa shape index (κ2) is 6.34. The van der Waals surface area contributed by atoms with Crippen molar-refractivity contribution < 1.29 is 9.59 Å². The van der Waals surface area contributed by atoms with Gasteiger partial charge < -0.3 is 9.80 Å². The van der Waals surface area contributed by atoms with Crippen molar-refractivity contribution in [1.29, 1.82) is 0 Å². The number of nitrogens with zero attached hydrogens (tertiary/aromatic N) is 2. The van der Waals surface area contributed by atoms with E-state index in [0.29, 0.717) is 26.2 Å². The number of aryl methyl sites for hydroxylation is 1. The number of piperazine rings is 1. The van der Waals surface area contributed by atoms with Gasteiger partial charge in [0.25, 0.3) is 0 Å². The molecular weight excluding hydrogens is 276 g/mol. The van der Waals surface area contributed by atoms with Crippen molar-refractivity contribution >= 4 is 17.9 Å². The highest BCUT2D eigenvalue weighted by molar-refractivity contribution is 5.92. The van der Waals surface area contributed by atoms with Crippen LogP contribution in [0.5, 0.6) is 0 Å². The van der Waals surface area contributed by atoms with Crippen LogP contribution >= 0.6 is 0 Å². The van der Waals surface area contributed by atoms with E-state index < -0.39 is 0 Å². The van der Waals surface area contributed by atoms with Crippen molar-refractivity contribution in [2.24, 2.45) is 5.92 Å². The normalized spacial score (nSPS) is 18.8. The maximum absolute atomic E-state index is 12.2. The number of benzene rings is 1. The van der Waals surface area contributed by atoms with Crippen molar-refractivity contribution in [3.63, 3.8) is 0 Å². The Kier molecular flexibility index (Phi) is 4.27. The molecule has 1 heterocycles. The van der Waals surface area contributed by atoms with Crippen molar-refractivity contribution in [3.8, 4) is 0 Å². The van der Waals surface area contributed by atoms with E-state index in [-0.39, 0.29) is 17.7 Å². The van der Waals surface area contributed by atoms with Crippen LogP contribution in [0.1, 0.15) is 24.0 Å². The molecule has 2 fully saturated rings. The Morgan fingerprint density at radius 1 is 1.00 bits per heavy atom. The largest absolute Gasteiger partial charge is 0.339 e. The van der Waals surface area contributed by atoms with Crippen LogP contribution in [0.25, 0.3) is 6.08 Å². The summed E-state index contributed by atoms with van der Waals surface area (Å²) >= 11 is 0. The molecule has 4 nitrogen and oxygen atoms in total. The fraction of sp³-hybridized carbons (Fsp3) is 0.444. The van der Waals surface area contributed by atoms with Crippen LogP contribution in [0.3, 0.4) is 0 Å². The molecule has 4 heteroatoms. The molecule has 1 saturated carbocycles. The van der Waals surface area contributed by atoms with Gasteiger partial charge in [-0.05, 0) is 31.4 Å². The van der Waals surface area contributed by atoms with E-state index in [4.69, 9.17) is 0 Å². The van der Waals surface area contributed by atoms with Gasteiger partial charge in [-0.15, -0.1) is 0 Å². The zero-order chi connectivity index (χ0) is 15.5. The molecule has 0 radical (unpaired) electrons. The lowest BCUT2D eigenvalue weighted by atomic mass is 10.1. The molecule has 0 atom stereocenters. The van der Waals surface area contributed by atoms with Gasteiger partial charge in [-0.3, -0.25) is 9.59 Å². The van der Waals surface area contributed by atoms with E-state index in [1.165, 1.54) is 5.56 Å². The zero-order valence-corrected chi connectivity index (χ0v) is 13.0. The van der Waals surface area contributed by atoms with Gasteiger partial charge in [0.05, 0.1) is 0 Å². The number of hydrogen-bond donors (Lipinski definition) is 0. The van der Waals surface area contributed by atoms with E-state index in [1.54, 1.807) is 6.08 Å². The highest BCUT2D eigenvalue weighted by atomic mass is 16.2. The Labute approximate surface area is 131 Å². The van der Waals surface area contributed by atoms with E-state index in [1.807, 2.05) is 47.1 Å². The summed E-state index contributed by atoms with van der Waals surface area (Å²) in [5.41, 5.74) is 2.24. The number of carbonyl (C=O) groups excluding carboxylic acids is 2. The molecule has 22 heavy (non-hydrogen) atoms. The Balaban J connectivity index is 1.51. The summed E-state index contributed by atoms with van der Waals surface area (Å²) in [7, 11) is 0. The molecule has 116 valence electrons. The minimum atomic E-state index is 0.0269. The third-order valence-electron chi connectivity index (χ3n) is 4.33. The molecule has 1 aliphatic carbocycles. The van der Waals surface area contributed by atoms with Crippen molar-refractivity contribution in [2.75, 3.05) is 26.2 Å². The van der Waals surface area contributed by atoms with Crippen LogP contribution in [-0.4, -0.2) is 47.8 Å². The molecule has 1 aromatic rings. The topological polar surface area (TPSA) is 40.6 Å². The van der Waals surface area contributed by atoms with Gasteiger partial charge in [0, 0.05) is 38.2 Å². The molecule has 0 aromatic heterocycles. The van der Waals surface area contributed by atoms with E-state index >= 15 is 0 Å². The lowest BCUT2D eigenvalue weighted by Gasteiger charge is -2.34. The highest BCUT2D eigenvalue weighted by Gasteiger charge is 2.34. The van der Waals surface area contributed by atoms with Gasteiger partial charge in [0.2, 0.25) is 11.8 Å². The highest BCUT2D eigenvalue weighted by Crippen LogP contribution is 2.31. The molecule has 0 bridgehead atoms. The molecular formula is C18H22N2O2. The standard InChI is InChI=1S/C18H22N2O2/c1-14-2-4-15(5-3-14)6-9-17(21)19-10-12-20(13-11-19)18(22)16-7-8-16/h2-6,9,16H,7-8,10-13H2,1H3/b9-6+. The summed E-state index contributed by atoms with van der Waals surface area (Å²) in [6.07, 6.45) is 5.56. The summed E-state index contributed by atoms with van der Waals surface area (Å²) in [4.78, 5) is 27.9. The lowest BCUT2D eigenvalue weighted by Crippen LogP contribution is -2.50. The third-order valence-corrected chi connectivity index (χ3v) is 4.33. The second-order valence-electron chi connectivity index (χ2n) is 6.17. The fourth-order valence-electron chi connectivity index (χ4n) is 2.69. The predicted octanol–water partition coefficient (Wildman–Crippen LogP) is 2.09. The minimum absolute atomic E-state index is 0.0269. The number of rotatable bonds is 3. The van der Waals surface area contributed by atoms with Crippen LogP contribution in [0.4, 0.5) is 0 Å². The number of hydrogen-bond acceptors (Lipinski definition) is 2. The van der Waals surface area contributed by atoms with Crippen LogP contribution < -0.4 is 0 Å². The van der Waals surface area contributed by atoms with E-state index in [0.717, 1.165) is 18.4 Å². The van der Waals surface area contributed by atoms with Crippen LogP contribution in [0.15, 0.2) is 30.3 Å². The average molecular weight is 298 g/mol. The second-order valence-corrected chi connectivity index (χ2v) is 6.17. The lowest BCUT2D eigenvalue weighted by molar-refractivity contribution is -0.138. The Morgan fingerprint density at radius 3 is 2.18 bits per heavy atom. The van der Waals surface area contributed by atoms with E-state index in [9.17, 15) is 9.59 Å².